The molecule has 3 aromatic rings. The third-order valence-corrected chi connectivity index (χ3v) is 3.88. The maximum Gasteiger partial charge on any atom is 0.325 e. The number of hydrogen-bond donors (Lipinski definition) is 1. The third kappa shape index (κ3) is 3.62. The van der Waals surface area contributed by atoms with E-state index in [2.05, 4.69) is 5.10 Å². The molecular weight excluding hydrogens is 356 g/mol. The van der Waals surface area contributed by atoms with Gasteiger partial charge in [0.05, 0.1) is 12.7 Å². The van der Waals surface area contributed by atoms with Gasteiger partial charge < -0.3 is 9.84 Å². The van der Waals surface area contributed by atoms with E-state index in [1.807, 2.05) is 0 Å². The Kier molecular flexibility index (Phi) is 4.86. The molecule has 0 aliphatic carbocycles. The van der Waals surface area contributed by atoms with Crippen molar-refractivity contribution in [3.63, 3.8) is 0 Å². The number of nitriles is 1. The van der Waals surface area contributed by atoms with Crippen LogP contribution in [0.1, 0.15) is 5.56 Å². The van der Waals surface area contributed by atoms with Crippen LogP contribution < -0.4 is 4.74 Å². The maximum absolute atomic E-state index is 14.1. The number of carboxylic acids is 1. The zero-order valence-corrected chi connectivity index (χ0v) is 14.1. The van der Waals surface area contributed by atoms with E-state index in [1.165, 1.54) is 42.3 Å². The average molecular weight is 369 g/mol. The number of aromatic nitrogens is 2. The molecule has 136 valence electrons. The molecule has 0 bridgehead atoms. The van der Waals surface area contributed by atoms with Gasteiger partial charge in [0, 0.05) is 17.3 Å². The Balaban J connectivity index is 2.16. The number of carboxylic acid groups (broad SMARTS) is 1. The standard InChI is InChI=1S/C19H13F2N3O3/c1-27-17-5-4-11(6-16(17)21)14-9-24(10-18(25)26)23-19(14)12-2-3-13(8-22)15(20)7-12/h2-7,9H,10H2,1H3,(H,25,26). The van der Waals surface area contributed by atoms with Gasteiger partial charge in [-0.15, -0.1) is 0 Å². The van der Waals surface area contributed by atoms with E-state index < -0.39 is 24.1 Å². The van der Waals surface area contributed by atoms with Crippen molar-refractivity contribution in [2.45, 2.75) is 6.54 Å². The van der Waals surface area contributed by atoms with Gasteiger partial charge in [-0.1, -0.05) is 12.1 Å². The molecule has 0 radical (unpaired) electrons. The highest BCUT2D eigenvalue weighted by atomic mass is 19.1. The smallest absolute Gasteiger partial charge is 0.325 e. The quantitative estimate of drug-likeness (QED) is 0.744. The second-order valence-electron chi connectivity index (χ2n) is 5.64. The van der Waals surface area contributed by atoms with E-state index >= 15 is 0 Å². The molecule has 0 saturated heterocycles. The molecule has 3 rings (SSSR count). The van der Waals surface area contributed by atoms with Crippen molar-refractivity contribution in [1.82, 2.24) is 9.78 Å². The minimum atomic E-state index is -1.11. The first kappa shape index (κ1) is 18.1. The predicted octanol–water partition coefficient (Wildman–Crippen LogP) is 3.46. The first-order chi connectivity index (χ1) is 12.9. The van der Waals surface area contributed by atoms with Crippen molar-refractivity contribution in [3.8, 4) is 34.2 Å². The summed E-state index contributed by atoms with van der Waals surface area (Å²) in [5.41, 5.74) is 1.32. The molecule has 0 unspecified atom stereocenters. The van der Waals surface area contributed by atoms with Crippen molar-refractivity contribution >= 4 is 5.97 Å². The maximum atomic E-state index is 14.1. The van der Waals surface area contributed by atoms with Gasteiger partial charge in [-0.2, -0.15) is 10.4 Å². The van der Waals surface area contributed by atoms with Crippen molar-refractivity contribution < 1.29 is 23.4 Å². The first-order valence-electron chi connectivity index (χ1n) is 7.76. The lowest BCUT2D eigenvalue weighted by molar-refractivity contribution is -0.137. The Morgan fingerprint density at radius 2 is 1.93 bits per heavy atom. The Bertz CT molecular complexity index is 1070. The third-order valence-electron chi connectivity index (χ3n) is 3.88. The fraction of sp³-hybridized carbons (Fsp3) is 0.105. The molecule has 0 aliphatic rings. The van der Waals surface area contributed by atoms with Crippen LogP contribution in [0.5, 0.6) is 5.75 Å². The van der Waals surface area contributed by atoms with Gasteiger partial charge in [0.25, 0.3) is 0 Å². The lowest BCUT2D eigenvalue weighted by Gasteiger charge is -2.06. The molecule has 0 aliphatic heterocycles. The molecule has 0 spiro atoms. The van der Waals surface area contributed by atoms with Crippen LogP contribution in [0.3, 0.4) is 0 Å². The fourth-order valence-electron chi connectivity index (χ4n) is 2.65. The second-order valence-corrected chi connectivity index (χ2v) is 5.64. The Labute approximate surface area is 152 Å². The van der Waals surface area contributed by atoms with Crippen molar-refractivity contribution in [3.05, 3.63) is 59.8 Å². The predicted molar refractivity (Wildman–Crippen MR) is 91.9 cm³/mol. The molecular formula is C19H13F2N3O3. The number of benzene rings is 2. The minimum Gasteiger partial charge on any atom is -0.494 e. The summed E-state index contributed by atoms with van der Waals surface area (Å²) < 4.78 is 34.2. The zero-order chi connectivity index (χ0) is 19.6. The molecule has 0 atom stereocenters. The molecule has 27 heavy (non-hydrogen) atoms. The molecule has 2 aromatic carbocycles. The second kappa shape index (κ2) is 7.25. The van der Waals surface area contributed by atoms with Crippen LogP contribution in [-0.2, 0) is 11.3 Å². The SMILES string of the molecule is COc1ccc(-c2cn(CC(=O)O)nc2-c2ccc(C#N)c(F)c2)cc1F. The molecule has 0 amide bonds. The highest BCUT2D eigenvalue weighted by Crippen LogP contribution is 2.33. The van der Waals surface area contributed by atoms with E-state index in [4.69, 9.17) is 15.1 Å². The number of methoxy groups -OCH3 is 1. The summed E-state index contributed by atoms with van der Waals surface area (Å²) in [6.07, 6.45) is 1.45. The number of hydrogen-bond acceptors (Lipinski definition) is 4. The summed E-state index contributed by atoms with van der Waals surface area (Å²) in [5.74, 6) is -2.38. The Morgan fingerprint density at radius 1 is 1.22 bits per heavy atom. The van der Waals surface area contributed by atoms with E-state index in [-0.39, 0.29) is 17.0 Å². The summed E-state index contributed by atoms with van der Waals surface area (Å²) in [4.78, 5) is 11.0. The number of halogens is 2. The average Bonchev–Trinajstić information content (AvgIpc) is 3.04. The van der Waals surface area contributed by atoms with Gasteiger partial charge in [-0.3, -0.25) is 9.48 Å². The summed E-state index contributed by atoms with van der Waals surface area (Å²) in [7, 11) is 1.34. The Morgan fingerprint density at radius 3 is 2.52 bits per heavy atom. The van der Waals surface area contributed by atoms with Gasteiger partial charge in [0.2, 0.25) is 0 Å². The van der Waals surface area contributed by atoms with Crippen molar-refractivity contribution in [2.24, 2.45) is 0 Å². The van der Waals surface area contributed by atoms with Crippen LogP contribution in [-0.4, -0.2) is 28.0 Å². The molecule has 0 saturated carbocycles. The zero-order valence-electron chi connectivity index (χ0n) is 14.1. The normalized spacial score (nSPS) is 10.4. The number of rotatable bonds is 5. The van der Waals surface area contributed by atoms with Crippen molar-refractivity contribution in [2.75, 3.05) is 7.11 Å². The molecule has 1 N–H and O–H groups in total. The summed E-state index contributed by atoms with van der Waals surface area (Å²) in [6, 6.07) is 9.92. The lowest BCUT2D eigenvalue weighted by atomic mass is 10.0. The van der Waals surface area contributed by atoms with Crippen LogP contribution in [0.4, 0.5) is 8.78 Å². The monoisotopic (exact) mass is 369 g/mol. The highest BCUT2D eigenvalue weighted by molar-refractivity contribution is 5.81. The van der Waals surface area contributed by atoms with E-state index in [0.717, 1.165) is 6.07 Å². The number of carbonyl (C=O) groups is 1. The first-order valence-corrected chi connectivity index (χ1v) is 7.76. The van der Waals surface area contributed by atoms with Gasteiger partial charge in [0.1, 0.15) is 24.1 Å². The molecule has 0 fully saturated rings. The van der Waals surface area contributed by atoms with Crippen LogP contribution in [0, 0.1) is 23.0 Å². The Hall–Kier alpha value is -3.73. The summed E-state index contributed by atoms with van der Waals surface area (Å²) >= 11 is 0. The van der Waals surface area contributed by atoms with Gasteiger partial charge in [-0.25, -0.2) is 8.78 Å². The van der Waals surface area contributed by atoms with Gasteiger partial charge in [0.15, 0.2) is 11.6 Å². The fourth-order valence-corrected chi connectivity index (χ4v) is 2.65. The number of ether oxygens (including phenoxy) is 1. The van der Waals surface area contributed by atoms with Crippen LogP contribution in [0.2, 0.25) is 0 Å². The molecule has 6 nitrogen and oxygen atoms in total. The van der Waals surface area contributed by atoms with E-state index in [9.17, 15) is 13.6 Å². The number of aliphatic carboxylic acids is 1. The van der Waals surface area contributed by atoms with E-state index in [1.54, 1.807) is 12.1 Å². The summed E-state index contributed by atoms with van der Waals surface area (Å²) in [6.45, 7) is -0.412. The van der Waals surface area contributed by atoms with Crippen LogP contribution in [0.25, 0.3) is 22.4 Å². The molecule has 8 heteroatoms. The van der Waals surface area contributed by atoms with Gasteiger partial charge in [-0.05, 0) is 29.8 Å². The van der Waals surface area contributed by atoms with Crippen LogP contribution >= 0.6 is 0 Å². The molecule has 1 heterocycles. The highest BCUT2D eigenvalue weighted by Gasteiger charge is 2.17. The molecule has 1 aromatic heterocycles. The minimum absolute atomic E-state index is 0.0580. The summed E-state index contributed by atoms with van der Waals surface area (Å²) in [5, 5.41) is 22.1. The van der Waals surface area contributed by atoms with Crippen LogP contribution in [0.15, 0.2) is 42.6 Å². The van der Waals surface area contributed by atoms with E-state index in [0.29, 0.717) is 16.7 Å². The lowest BCUT2D eigenvalue weighted by Crippen LogP contribution is -2.08. The number of nitrogens with zero attached hydrogens (tertiary/aromatic N) is 3. The van der Waals surface area contributed by atoms with Crippen molar-refractivity contribution in [1.29, 1.82) is 5.26 Å². The van der Waals surface area contributed by atoms with Gasteiger partial charge >= 0.3 is 5.97 Å². The largest absolute Gasteiger partial charge is 0.494 e. The topological polar surface area (TPSA) is 88.1 Å².